The van der Waals surface area contributed by atoms with E-state index in [0.29, 0.717) is 17.2 Å². The van der Waals surface area contributed by atoms with Gasteiger partial charge in [0.2, 0.25) is 0 Å². The van der Waals surface area contributed by atoms with Crippen LogP contribution in [0.25, 0.3) is 10.9 Å². The number of benzene rings is 2. The molecule has 0 aliphatic carbocycles. The van der Waals surface area contributed by atoms with Crippen LogP contribution in [0, 0.1) is 0 Å². The Labute approximate surface area is 121 Å². The van der Waals surface area contributed by atoms with Gasteiger partial charge < -0.3 is 14.6 Å². The number of hydrogen-bond acceptors (Lipinski definition) is 4. The molecule has 1 atom stereocenters. The number of rotatable bonds is 1. The fourth-order valence-electron chi connectivity index (χ4n) is 2.45. The van der Waals surface area contributed by atoms with E-state index < -0.39 is 5.79 Å². The molecule has 0 saturated heterocycles. The Morgan fingerprint density at radius 1 is 0.905 bits per heavy atom. The Balaban J connectivity index is 1.77. The first-order valence-electron chi connectivity index (χ1n) is 6.74. The smallest absolute Gasteiger partial charge is 0.286 e. The van der Waals surface area contributed by atoms with Crippen LogP contribution in [0.4, 0.5) is 0 Å². The Hall–Kier alpha value is -2.59. The van der Waals surface area contributed by atoms with E-state index in [2.05, 4.69) is 4.98 Å². The monoisotopic (exact) mass is 279 g/mol. The molecule has 1 aromatic heterocycles. The lowest BCUT2D eigenvalue weighted by molar-refractivity contribution is -0.185. The van der Waals surface area contributed by atoms with Gasteiger partial charge in [-0.25, -0.2) is 4.98 Å². The molecule has 104 valence electrons. The van der Waals surface area contributed by atoms with Gasteiger partial charge in [0.25, 0.3) is 5.79 Å². The summed E-state index contributed by atoms with van der Waals surface area (Å²) in [6.07, 6.45) is 0. The molecule has 0 saturated carbocycles. The van der Waals surface area contributed by atoms with Gasteiger partial charge in [-0.3, -0.25) is 0 Å². The van der Waals surface area contributed by atoms with Crippen molar-refractivity contribution in [2.24, 2.45) is 0 Å². The lowest BCUT2D eigenvalue weighted by atomic mass is 10.1. The topological polar surface area (TPSA) is 51.6 Å². The van der Waals surface area contributed by atoms with Crippen LogP contribution >= 0.6 is 0 Å². The minimum atomic E-state index is -1.57. The van der Waals surface area contributed by atoms with Crippen molar-refractivity contribution in [3.63, 3.8) is 0 Å². The molecular formula is C17H13NO3. The molecule has 4 heteroatoms. The number of nitrogens with zero attached hydrogens (tertiary/aromatic N) is 1. The summed E-state index contributed by atoms with van der Waals surface area (Å²) in [6.45, 7) is 0.00928. The Kier molecular flexibility index (Phi) is 2.59. The number of ether oxygens (including phenoxy) is 2. The Morgan fingerprint density at radius 3 is 2.57 bits per heavy atom. The van der Waals surface area contributed by atoms with Crippen LogP contribution in [0.1, 0.15) is 5.69 Å². The van der Waals surface area contributed by atoms with Crippen molar-refractivity contribution >= 4 is 10.9 Å². The number of aromatic nitrogens is 1. The second kappa shape index (κ2) is 4.46. The second-order valence-electron chi connectivity index (χ2n) is 5.01. The fourth-order valence-corrected chi connectivity index (χ4v) is 2.45. The molecule has 0 spiro atoms. The molecule has 4 nitrogen and oxygen atoms in total. The minimum Gasteiger partial charge on any atom is -0.482 e. The predicted molar refractivity (Wildman–Crippen MR) is 78.2 cm³/mol. The van der Waals surface area contributed by atoms with Gasteiger partial charge in [0.05, 0.1) is 5.52 Å². The maximum absolute atomic E-state index is 10.7. The second-order valence-corrected chi connectivity index (χ2v) is 5.01. The molecule has 2 heterocycles. The summed E-state index contributed by atoms with van der Waals surface area (Å²) in [5.74, 6) is -0.428. The number of hydrogen-bond donors (Lipinski definition) is 1. The molecule has 0 unspecified atom stereocenters. The third kappa shape index (κ3) is 2.00. The van der Waals surface area contributed by atoms with Crippen molar-refractivity contribution in [2.75, 3.05) is 6.61 Å². The molecule has 1 N–H and O–H groups in total. The van der Waals surface area contributed by atoms with Gasteiger partial charge in [-0.05, 0) is 24.3 Å². The maximum atomic E-state index is 10.7. The molecule has 21 heavy (non-hydrogen) atoms. The number of pyridine rings is 1. The van der Waals surface area contributed by atoms with Gasteiger partial charge in [-0.2, -0.15) is 0 Å². The van der Waals surface area contributed by atoms with E-state index in [1.807, 2.05) is 48.5 Å². The van der Waals surface area contributed by atoms with Gasteiger partial charge in [-0.15, -0.1) is 0 Å². The van der Waals surface area contributed by atoms with E-state index in [9.17, 15) is 5.11 Å². The molecule has 4 rings (SSSR count). The van der Waals surface area contributed by atoms with E-state index in [1.165, 1.54) is 0 Å². The summed E-state index contributed by atoms with van der Waals surface area (Å²) in [6, 6.07) is 18.7. The predicted octanol–water partition coefficient (Wildman–Crippen LogP) is 2.85. The molecule has 0 amide bonds. The fraction of sp³-hybridized carbons (Fsp3) is 0.118. The summed E-state index contributed by atoms with van der Waals surface area (Å²) in [5.41, 5.74) is 1.25. The number of aliphatic hydroxyl groups is 1. The van der Waals surface area contributed by atoms with E-state index >= 15 is 0 Å². The third-order valence-corrected chi connectivity index (χ3v) is 3.55. The van der Waals surface area contributed by atoms with Crippen molar-refractivity contribution in [1.82, 2.24) is 4.98 Å². The van der Waals surface area contributed by atoms with E-state index in [0.717, 1.165) is 10.9 Å². The van der Waals surface area contributed by atoms with Gasteiger partial charge in [0.1, 0.15) is 5.69 Å². The molecule has 3 aromatic rings. The largest absolute Gasteiger partial charge is 0.482 e. The lowest BCUT2D eigenvalue weighted by Crippen LogP contribution is -2.42. The highest BCUT2D eigenvalue weighted by atomic mass is 16.7. The van der Waals surface area contributed by atoms with Gasteiger partial charge in [-0.1, -0.05) is 36.4 Å². The van der Waals surface area contributed by atoms with Gasteiger partial charge in [0, 0.05) is 5.39 Å². The summed E-state index contributed by atoms with van der Waals surface area (Å²) >= 11 is 0. The van der Waals surface area contributed by atoms with Crippen LogP contribution < -0.4 is 9.47 Å². The molecule has 2 aromatic carbocycles. The van der Waals surface area contributed by atoms with Crippen molar-refractivity contribution in [3.8, 4) is 11.5 Å². The molecule has 1 aliphatic rings. The highest BCUT2D eigenvalue weighted by Crippen LogP contribution is 2.37. The first-order chi connectivity index (χ1) is 10.2. The maximum Gasteiger partial charge on any atom is 0.286 e. The Morgan fingerprint density at radius 2 is 1.67 bits per heavy atom. The van der Waals surface area contributed by atoms with Crippen molar-refractivity contribution in [1.29, 1.82) is 0 Å². The van der Waals surface area contributed by atoms with Crippen molar-refractivity contribution in [3.05, 3.63) is 66.4 Å². The van der Waals surface area contributed by atoms with E-state index in [1.54, 1.807) is 12.1 Å². The van der Waals surface area contributed by atoms with Crippen LogP contribution in [-0.2, 0) is 5.79 Å². The molecular weight excluding hydrogens is 266 g/mol. The zero-order valence-electron chi connectivity index (χ0n) is 11.2. The molecule has 0 bridgehead atoms. The number of para-hydroxylation sites is 3. The van der Waals surface area contributed by atoms with Crippen molar-refractivity contribution in [2.45, 2.75) is 5.79 Å². The van der Waals surface area contributed by atoms with Crippen molar-refractivity contribution < 1.29 is 14.6 Å². The van der Waals surface area contributed by atoms with Crippen LogP contribution in [0.15, 0.2) is 60.7 Å². The van der Waals surface area contributed by atoms with Gasteiger partial charge in [0.15, 0.2) is 18.1 Å². The van der Waals surface area contributed by atoms with Gasteiger partial charge >= 0.3 is 0 Å². The van der Waals surface area contributed by atoms with Crippen LogP contribution in [0.3, 0.4) is 0 Å². The first-order valence-corrected chi connectivity index (χ1v) is 6.74. The average molecular weight is 279 g/mol. The zero-order chi connectivity index (χ0) is 14.3. The highest BCUT2D eigenvalue weighted by Gasteiger charge is 2.39. The van der Waals surface area contributed by atoms with Crippen LogP contribution in [-0.4, -0.2) is 16.7 Å². The Bertz CT molecular complexity index is 818. The molecule has 0 radical (unpaired) electrons. The average Bonchev–Trinajstić information content (AvgIpc) is 2.54. The van der Waals surface area contributed by atoms with E-state index in [-0.39, 0.29) is 6.61 Å². The highest BCUT2D eigenvalue weighted by molar-refractivity contribution is 5.78. The lowest BCUT2D eigenvalue weighted by Gasteiger charge is -2.33. The SMILES string of the molecule is O[C@@]1(c2ccc3ccccc3n2)COc2ccccc2O1. The first kappa shape index (κ1) is 12.2. The van der Waals surface area contributed by atoms with Crippen LogP contribution in [0.2, 0.25) is 0 Å². The van der Waals surface area contributed by atoms with E-state index in [4.69, 9.17) is 9.47 Å². The molecule has 1 aliphatic heterocycles. The molecule has 0 fully saturated rings. The van der Waals surface area contributed by atoms with Crippen LogP contribution in [0.5, 0.6) is 11.5 Å². The zero-order valence-corrected chi connectivity index (χ0v) is 11.2. The standard InChI is InChI=1S/C17H13NO3/c19-17(11-20-14-7-3-4-8-15(14)21-17)16-10-9-12-5-1-2-6-13(12)18-16/h1-10,19H,11H2/t17-/m0/s1. The normalized spacial score (nSPS) is 20.4. The summed E-state index contributed by atoms with van der Waals surface area (Å²) < 4.78 is 11.3. The minimum absolute atomic E-state index is 0.00928. The summed E-state index contributed by atoms with van der Waals surface area (Å²) in [5, 5.41) is 11.8. The third-order valence-electron chi connectivity index (χ3n) is 3.55. The number of fused-ring (bicyclic) bond motifs is 2. The quantitative estimate of drug-likeness (QED) is 0.744. The summed E-state index contributed by atoms with van der Waals surface area (Å²) in [4.78, 5) is 4.49. The summed E-state index contributed by atoms with van der Waals surface area (Å²) in [7, 11) is 0.